The van der Waals surface area contributed by atoms with Crippen LogP contribution in [0.1, 0.15) is 17.2 Å². The van der Waals surface area contributed by atoms with Crippen LogP contribution in [0, 0.1) is 18.6 Å². The van der Waals surface area contributed by atoms with E-state index in [-0.39, 0.29) is 17.8 Å². The average molecular weight is 293 g/mol. The largest absolute Gasteiger partial charge is 0.497 e. The lowest BCUT2D eigenvalue weighted by atomic mass is 10.1. The van der Waals surface area contributed by atoms with Crippen LogP contribution in [0.15, 0.2) is 36.4 Å². The second kappa shape index (κ2) is 6.54. The summed E-state index contributed by atoms with van der Waals surface area (Å²) in [6.45, 7) is 1.56. The van der Waals surface area contributed by atoms with Gasteiger partial charge in [0.1, 0.15) is 17.4 Å². The third kappa shape index (κ3) is 3.70. The molecule has 0 aliphatic rings. The maximum atomic E-state index is 13.7. The molecule has 0 aliphatic carbocycles. The second-order valence-corrected chi connectivity index (χ2v) is 4.75. The van der Waals surface area contributed by atoms with E-state index in [1.165, 1.54) is 14.0 Å². The number of aryl methyl sites for hydroxylation is 1. The van der Waals surface area contributed by atoms with E-state index < -0.39 is 17.7 Å². The Hall–Kier alpha value is -2.14. The van der Waals surface area contributed by atoms with Crippen LogP contribution in [0.2, 0.25) is 0 Å². The molecule has 2 rings (SSSR count). The van der Waals surface area contributed by atoms with Crippen LogP contribution in [-0.4, -0.2) is 18.8 Å². The molecule has 0 saturated heterocycles. The van der Waals surface area contributed by atoms with Crippen molar-refractivity contribution < 1.29 is 18.6 Å². The van der Waals surface area contributed by atoms with Crippen molar-refractivity contribution in [3.63, 3.8) is 0 Å². The van der Waals surface area contributed by atoms with Gasteiger partial charge in [-0.1, -0.05) is 12.1 Å². The molecule has 0 saturated carbocycles. The third-order valence-electron chi connectivity index (χ3n) is 3.21. The van der Waals surface area contributed by atoms with Gasteiger partial charge in [0.15, 0.2) is 0 Å². The Kier molecular flexibility index (Phi) is 4.75. The van der Waals surface area contributed by atoms with Crippen molar-refractivity contribution in [2.24, 2.45) is 0 Å². The van der Waals surface area contributed by atoms with Crippen LogP contribution in [0.3, 0.4) is 0 Å². The predicted octanol–water partition coefficient (Wildman–Crippen LogP) is 3.43. The fourth-order valence-corrected chi connectivity index (χ4v) is 1.96. The molecule has 2 N–H and O–H groups in total. The summed E-state index contributed by atoms with van der Waals surface area (Å²) in [4.78, 5) is 0. The van der Waals surface area contributed by atoms with Crippen LogP contribution < -0.4 is 10.1 Å². The first-order valence-electron chi connectivity index (χ1n) is 6.53. The molecule has 2 aromatic carbocycles. The smallest absolute Gasteiger partial charge is 0.146 e. The maximum absolute atomic E-state index is 13.7. The lowest BCUT2D eigenvalue weighted by molar-refractivity contribution is 0.191. The summed E-state index contributed by atoms with van der Waals surface area (Å²) >= 11 is 0. The van der Waals surface area contributed by atoms with Gasteiger partial charge in [0, 0.05) is 12.6 Å². The molecule has 3 nitrogen and oxygen atoms in total. The molecule has 0 amide bonds. The highest BCUT2D eigenvalue weighted by Gasteiger charge is 2.11. The summed E-state index contributed by atoms with van der Waals surface area (Å²) < 4.78 is 32.2. The fraction of sp³-hybridized carbons (Fsp3) is 0.250. The highest BCUT2D eigenvalue weighted by molar-refractivity contribution is 5.47. The van der Waals surface area contributed by atoms with Crippen LogP contribution in [-0.2, 0) is 0 Å². The van der Waals surface area contributed by atoms with E-state index in [4.69, 9.17) is 4.74 Å². The Bertz CT molecular complexity index is 632. The average Bonchev–Trinajstić information content (AvgIpc) is 2.49. The molecule has 0 fully saturated rings. The molecule has 0 aromatic heterocycles. The van der Waals surface area contributed by atoms with Crippen molar-refractivity contribution in [2.45, 2.75) is 13.0 Å². The lowest BCUT2D eigenvalue weighted by Crippen LogP contribution is -2.13. The minimum absolute atomic E-state index is 0.0278. The molecule has 0 radical (unpaired) electrons. The molecule has 1 unspecified atom stereocenters. The quantitative estimate of drug-likeness (QED) is 0.887. The van der Waals surface area contributed by atoms with E-state index >= 15 is 0 Å². The first-order chi connectivity index (χ1) is 10.0. The van der Waals surface area contributed by atoms with Crippen molar-refractivity contribution in [1.29, 1.82) is 0 Å². The molecule has 0 bridgehead atoms. The Balaban J connectivity index is 2.07. The Morgan fingerprint density at radius 1 is 1.19 bits per heavy atom. The molecule has 112 valence electrons. The van der Waals surface area contributed by atoms with Gasteiger partial charge in [-0.3, -0.25) is 0 Å². The van der Waals surface area contributed by atoms with Crippen molar-refractivity contribution >= 4 is 5.69 Å². The normalized spacial score (nSPS) is 12.0. The molecule has 2 aromatic rings. The van der Waals surface area contributed by atoms with Crippen LogP contribution in [0.5, 0.6) is 5.75 Å². The third-order valence-corrected chi connectivity index (χ3v) is 3.21. The number of aliphatic hydroxyl groups excluding tert-OH is 1. The number of methoxy groups -OCH3 is 1. The number of hydrogen-bond donors (Lipinski definition) is 2. The number of ether oxygens (including phenoxy) is 1. The van der Waals surface area contributed by atoms with Gasteiger partial charge in [-0.2, -0.15) is 0 Å². The fourth-order valence-electron chi connectivity index (χ4n) is 1.96. The molecule has 0 spiro atoms. The van der Waals surface area contributed by atoms with Crippen LogP contribution >= 0.6 is 0 Å². The summed E-state index contributed by atoms with van der Waals surface area (Å²) in [5.41, 5.74) is 0.904. The van der Waals surface area contributed by atoms with E-state index in [0.717, 1.165) is 12.1 Å². The number of hydrogen-bond acceptors (Lipinski definition) is 3. The number of benzene rings is 2. The summed E-state index contributed by atoms with van der Waals surface area (Å²) in [5.74, 6) is -0.416. The van der Waals surface area contributed by atoms with Crippen LogP contribution in [0.4, 0.5) is 14.5 Å². The molecule has 0 heterocycles. The SMILES string of the molecule is COc1cccc(C(O)CNc2cc(F)c(C)cc2F)c1. The summed E-state index contributed by atoms with van der Waals surface area (Å²) in [5, 5.41) is 12.8. The monoisotopic (exact) mass is 293 g/mol. The number of rotatable bonds is 5. The molecule has 1 atom stereocenters. The second-order valence-electron chi connectivity index (χ2n) is 4.75. The Morgan fingerprint density at radius 2 is 1.95 bits per heavy atom. The number of anilines is 1. The van der Waals surface area contributed by atoms with Gasteiger partial charge in [0.25, 0.3) is 0 Å². The molecular weight excluding hydrogens is 276 g/mol. The number of nitrogens with one attached hydrogen (secondary N) is 1. The van der Waals surface area contributed by atoms with Gasteiger partial charge in [0.05, 0.1) is 18.9 Å². The van der Waals surface area contributed by atoms with Crippen molar-refractivity contribution in [3.05, 3.63) is 59.2 Å². The van der Waals surface area contributed by atoms with Crippen molar-refractivity contribution in [2.75, 3.05) is 19.0 Å². The standard InChI is InChI=1S/C16H17F2NO2/c1-10-6-14(18)15(8-13(10)17)19-9-16(20)11-4-3-5-12(7-11)21-2/h3-8,16,19-20H,9H2,1-2H3. The Morgan fingerprint density at radius 3 is 2.67 bits per heavy atom. The molecule has 21 heavy (non-hydrogen) atoms. The van der Waals surface area contributed by atoms with E-state index in [1.807, 2.05) is 0 Å². The van der Waals surface area contributed by atoms with Gasteiger partial charge in [-0.25, -0.2) is 8.78 Å². The predicted molar refractivity (Wildman–Crippen MR) is 77.5 cm³/mol. The number of halogens is 2. The highest BCUT2D eigenvalue weighted by atomic mass is 19.1. The van der Waals surface area contributed by atoms with Gasteiger partial charge < -0.3 is 15.2 Å². The zero-order valence-corrected chi connectivity index (χ0v) is 11.9. The van der Waals surface area contributed by atoms with E-state index in [2.05, 4.69) is 5.32 Å². The topological polar surface area (TPSA) is 41.5 Å². The molecule has 0 aliphatic heterocycles. The van der Waals surface area contributed by atoms with E-state index in [9.17, 15) is 13.9 Å². The van der Waals surface area contributed by atoms with Gasteiger partial charge in [-0.05, 0) is 36.2 Å². The zero-order valence-electron chi connectivity index (χ0n) is 11.9. The summed E-state index contributed by atoms with van der Waals surface area (Å²) in [7, 11) is 1.54. The van der Waals surface area contributed by atoms with Gasteiger partial charge in [0.2, 0.25) is 0 Å². The van der Waals surface area contributed by atoms with Crippen molar-refractivity contribution in [1.82, 2.24) is 0 Å². The molecule has 5 heteroatoms. The zero-order chi connectivity index (χ0) is 15.4. The van der Waals surface area contributed by atoms with Gasteiger partial charge in [-0.15, -0.1) is 0 Å². The summed E-state index contributed by atoms with van der Waals surface area (Å²) in [6.07, 6.45) is -0.858. The minimum Gasteiger partial charge on any atom is -0.497 e. The first-order valence-corrected chi connectivity index (χ1v) is 6.53. The molecular formula is C16H17F2NO2. The van der Waals surface area contributed by atoms with Crippen LogP contribution in [0.25, 0.3) is 0 Å². The highest BCUT2D eigenvalue weighted by Crippen LogP contribution is 2.22. The summed E-state index contributed by atoms with van der Waals surface area (Å²) in [6, 6.07) is 9.15. The van der Waals surface area contributed by atoms with E-state index in [0.29, 0.717) is 11.3 Å². The van der Waals surface area contributed by atoms with Gasteiger partial charge >= 0.3 is 0 Å². The van der Waals surface area contributed by atoms with Crippen molar-refractivity contribution in [3.8, 4) is 5.75 Å². The first kappa shape index (κ1) is 15.3. The van der Waals surface area contributed by atoms with E-state index in [1.54, 1.807) is 24.3 Å². The number of aliphatic hydroxyl groups is 1. The maximum Gasteiger partial charge on any atom is 0.146 e. The minimum atomic E-state index is -0.858. The lowest BCUT2D eigenvalue weighted by Gasteiger charge is -2.15. The Labute approximate surface area is 122 Å².